The first-order chi connectivity index (χ1) is 13.2. The number of likely N-dealkylation sites (N-methyl/N-ethyl adjacent to an activating group) is 1. The summed E-state index contributed by atoms with van der Waals surface area (Å²) in [5, 5.41) is 8.87. The Kier molecular flexibility index (Phi) is 7.69. The van der Waals surface area contributed by atoms with Gasteiger partial charge in [0.2, 0.25) is 0 Å². The summed E-state index contributed by atoms with van der Waals surface area (Å²) in [5.41, 5.74) is -0.832. The molecule has 1 fully saturated rings. The van der Waals surface area contributed by atoms with E-state index in [4.69, 9.17) is 14.6 Å². The van der Waals surface area contributed by atoms with Crippen LogP contribution in [0.1, 0.15) is 5.56 Å². The molecule has 1 saturated heterocycles. The predicted octanol–water partition coefficient (Wildman–Crippen LogP) is 1.86. The van der Waals surface area contributed by atoms with Crippen molar-refractivity contribution in [3.63, 3.8) is 0 Å². The largest absolute Gasteiger partial charge is 0.490 e. The Hall–Kier alpha value is -2.27. The minimum absolute atomic E-state index is 0.0449. The van der Waals surface area contributed by atoms with Crippen LogP contribution in [0.25, 0.3) is 0 Å². The number of nitrogens with zero attached hydrogens (tertiary/aromatic N) is 4. The number of methoxy groups -OCH3 is 1. The molecule has 0 bridgehead atoms. The van der Waals surface area contributed by atoms with Crippen LogP contribution in [0.2, 0.25) is 0 Å². The van der Waals surface area contributed by atoms with E-state index in [0.29, 0.717) is 39.3 Å². The van der Waals surface area contributed by atoms with Crippen LogP contribution in [0.15, 0.2) is 12.3 Å². The Morgan fingerprint density at radius 1 is 1.29 bits per heavy atom. The van der Waals surface area contributed by atoms with Crippen molar-refractivity contribution in [3.05, 3.63) is 17.8 Å². The second kappa shape index (κ2) is 9.78. The molecule has 1 aliphatic heterocycles. The van der Waals surface area contributed by atoms with Crippen LogP contribution in [0.4, 0.5) is 23.8 Å². The van der Waals surface area contributed by atoms with Crippen LogP contribution in [0.5, 0.6) is 5.75 Å². The first kappa shape index (κ1) is 22.0. The molecule has 1 N–H and O–H groups in total. The summed E-state index contributed by atoms with van der Waals surface area (Å²) in [7, 11) is 2.96. The highest BCUT2D eigenvalue weighted by Gasteiger charge is 2.37. The van der Waals surface area contributed by atoms with Crippen LogP contribution in [0, 0.1) is 0 Å². The number of ether oxygens (including phenoxy) is 2. The second-order valence-electron chi connectivity index (χ2n) is 6.41. The van der Waals surface area contributed by atoms with E-state index >= 15 is 0 Å². The molecule has 1 amide bonds. The van der Waals surface area contributed by atoms with E-state index in [1.165, 1.54) is 25.3 Å². The highest BCUT2D eigenvalue weighted by atomic mass is 19.4. The van der Waals surface area contributed by atoms with Crippen LogP contribution in [0.3, 0.4) is 0 Å². The van der Waals surface area contributed by atoms with Crippen LogP contribution in [-0.4, -0.2) is 92.6 Å². The Morgan fingerprint density at radius 2 is 1.96 bits per heavy atom. The molecule has 11 heteroatoms. The molecular weight excluding hydrogens is 381 g/mol. The zero-order chi connectivity index (χ0) is 20.7. The lowest BCUT2D eigenvalue weighted by atomic mass is 10.2. The van der Waals surface area contributed by atoms with E-state index in [0.717, 1.165) is 6.07 Å². The number of aromatic nitrogens is 1. The Balaban J connectivity index is 2.02. The maximum Gasteiger partial charge on any atom is 0.420 e. The lowest BCUT2D eigenvalue weighted by Gasteiger charge is -2.36. The SMILES string of the molecule is COCCOc1cnc(N2CCN(CCN(C)C(=O)O)CC2)c(C(F)(F)F)c1. The Labute approximate surface area is 161 Å². The summed E-state index contributed by atoms with van der Waals surface area (Å²) in [6, 6.07) is 0.964. The normalized spacial score (nSPS) is 15.5. The number of piperazine rings is 1. The molecule has 2 heterocycles. The molecule has 0 saturated carbocycles. The lowest BCUT2D eigenvalue weighted by Crippen LogP contribution is -2.49. The van der Waals surface area contributed by atoms with Gasteiger partial charge in [-0.1, -0.05) is 0 Å². The summed E-state index contributed by atoms with van der Waals surface area (Å²) in [4.78, 5) is 19.6. The van der Waals surface area contributed by atoms with Gasteiger partial charge >= 0.3 is 12.3 Å². The number of alkyl halides is 3. The van der Waals surface area contributed by atoms with Crippen LogP contribution in [-0.2, 0) is 10.9 Å². The molecular formula is C17H25F3N4O4. The third-order valence-corrected chi connectivity index (χ3v) is 4.45. The van der Waals surface area contributed by atoms with E-state index in [2.05, 4.69) is 4.98 Å². The molecule has 0 atom stereocenters. The molecule has 0 radical (unpaired) electrons. The van der Waals surface area contributed by atoms with Crippen molar-refractivity contribution in [2.24, 2.45) is 0 Å². The molecule has 0 spiro atoms. The number of hydrogen-bond donors (Lipinski definition) is 1. The second-order valence-corrected chi connectivity index (χ2v) is 6.41. The highest BCUT2D eigenvalue weighted by Crippen LogP contribution is 2.37. The zero-order valence-corrected chi connectivity index (χ0v) is 15.9. The average molecular weight is 406 g/mol. The fraction of sp³-hybridized carbons (Fsp3) is 0.647. The van der Waals surface area contributed by atoms with Gasteiger partial charge in [-0.3, -0.25) is 4.90 Å². The number of pyridine rings is 1. The summed E-state index contributed by atoms with van der Waals surface area (Å²) >= 11 is 0. The smallest absolute Gasteiger partial charge is 0.420 e. The molecule has 158 valence electrons. The number of halogens is 3. The Morgan fingerprint density at radius 3 is 2.54 bits per heavy atom. The molecule has 0 aromatic carbocycles. The predicted molar refractivity (Wildman–Crippen MR) is 95.9 cm³/mol. The number of carboxylic acid groups (broad SMARTS) is 1. The number of rotatable bonds is 8. The molecule has 0 unspecified atom stereocenters. The maximum atomic E-state index is 13.5. The van der Waals surface area contributed by atoms with E-state index in [-0.39, 0.29) is 24.8 Å². The van der Waals surface area contributed by atoms with E-state index in [1.54, 1.807) is 4.90 Å². The van der Waals surface area contributed by atoms with Crippen molar-refractivity contribution in [3.8, 4) is 5.75 Å². The molecule has 0 aliphatic carbocycles. The summed E-state index contributed by atoms with van der Waals surface area (Å²) < 4.78 is 50.6. The van der Waals surface area contributed by atoms with E-state index < -0.39 is 17.8 Å². The summed E-state index contributed by atoms with van der Waals surface area (Å²) in [6.07, 6.45) is -4.27. The first-order valence-electron chi connectivity index (χ1n) is 8.82. The van der Waals surface area contributed by atoms with Gasteiger partial charge in [0.1, 0.15) is 23.7 Å². The van der Waals surface area contributed by atoms with Crippen molar-refractivity contribution >= 4 is 11.9 Å². The van der Waals surface area contributed by atoms with E-state index in [1.807, 2.05) is 4.90 Å². The van der Waals surface area contributed by atoms with Gasteiger partial charge in [-0.25, -0.2) is 9.78 Å². The van der Waals surface area contributed by atoms with Crippen molar-refractivity contribution in [2.45, 2.75) is 6.18 Å². The summed E-state index contributed by atoms with van der Waals surface area (Å²) in [5.74, 6) is -0.0719. The number of amides is 1. The molecule has 1 aliphatic rings. The molecule has 8 nitrogen and oxygen atoms in total. The monoisotopic (exact) mass is 406 g/mol. The minimum Gasteiger partial charge on any atom is -0.490 e. The third kappa shape index (κ3) is 6.13. The fourth-order valence-corrected chi connectivity index (χ4v) is 2.79. The van der Waals surface area contributed by atoms with Gasteiger partial charge < -0.3 is 24.4 Å². The van der Waals surface area contributed by atoms with Gasteiger partial charge in [-0.05, 0) is 6.07 Å². The van der Waals surface area contributed by atoms with Crippen molar-refractivity contribution < 1.29 is 32.5 Å². The molecule has 1 aromatic heterocycles. The Bertz CT molecular complexity index is 652. The lowest BCUT2D eigenvalue weighted by molar-refractivity contribution is -0.137. The number of anilines is 1. The highest BCUT2D eigenvalue weighted by molar-refractivity contribution is 5.64. The van der Waals surface area contributed by atoms with Gasteiger partial charge in [-0.15, -0.1) is 0 Å². The van der Waals surface area contributed by atoms with Crippen LogP contribution < -0.4 is 9.64 Å². The van der Waals surface area contributed by atoms with Crippen molar-refractivity contribution in [1.29, 1.82) is 0 Å². The average Bonchev–Trinajstić information content (AvgIpc) is 2.66. The standard InChI is InChI=1S/C17H25F3N4O4/c1-22(16(25)26)3-4-23-5-7-24(8-6-23)15-14(17(18,19)20)11-13(12-21-15)28-10-9-27-2/h11-12H,3-10H2,1-2H3,(H,25,26). The molecule has 2 rings (SSSR count). The summed E-state index contributed by atoms with van der Waals surface area (Å²) in [6.45, 7) is 3.07. The quantitative estimate of drug-likeness (QED) is 0.660. The zero-order valence-electron chi connectivity index (χ0n) is 15.9. The van der Waals surface area contributed by atoms with Gasteiger partial charge in [0.15, 0.2) is 0 Å². The van der Waals surface area contributed by atoms with Crippen molar-refractivity contribution in [2.75, 3.05) is 71.5 Å². The number of carbonyl (C=O) groups is 1. The van der Waals surface area contributed by atoms with Gasteiger partial charge in [0, 0.05) is 53.4 Å². The minimum atomic E-state index is -4.55. The first-order valence-corrected chi connectivity index (χ1v) is 8.82. The van der Waals surface area contributed by atoms with Gasteiger partial charge in [-0.2, -0.15) is 13.2 Å². The molecule has 1 aromatic rings. The fourth-order valence-electron chi connectivity index (χ4n) is 2.79. The van der Waals surface area contributed by atoms with Crippen molar-refractivity contribution in [1.82, 2.24) is 14.8 Å². The van der Waals surface area contributed by atoms with E-state index in [9.17, 15) is 18.0 Å². The topological polar surface area (TPSA) is 78.4 Å². The number of hydrogen-bond acceptors (Lipinski definition) is 6. The van der Waals surface area contributed by atoms with Crippen LogP contribution >= 0.6 is 0 Å². The van der Waals surface area contributed by atoms with Gasteiger partial charge in [0.05, 0.1) is 12.8 Å². The van der Waals surface area contributed by atoms with Gasteiger partial charge in [0.25, 0.3) is 0 Å². The molecule has 28 heavy (non-hydrogen) atoms. The maximum absolute atomic E-state index is 13.5. The third-order valence-electron chi connectivity index (χ3n) is 4.45.